The highest BCUT2D eigenvalue weighted by Gasteiger charge is 2.45. The minimum Gasteiger partial charge on any atom is -0.618 e. The molecule has 6 heteroatoms. The second-order valence-corrected chi connectivity index (χ2v) is 2.36. The minimum atomic E-state index is -5.03. The molecule has 0 saturated heterocycles. The Morgan fingerprint density at radius 3 is 2.38 bits per heavy atom. The zero-order valence-corrected chi connectivity index (χ0v) is 6.25. The van der Waals surface area contributed by atoms with E-state index in [1.807, 2.05) is 0 Å². The number of nitrogens with zero attached hydrogens (tertiary/aromatic N) is 1. The Labute approximate surface area is 71.0 Å². The molecule has 0 amide bonds. The Hall–Kier alpha value is -1.33. The minimum absolute atomic E-state index is 0.141. The Bertz CT molecular complexity index is 299. The largest absolute Gasteiger partial charge is 0.618 e. The van der Waals surface area contributed by atoms with E-state index in [9.17, 15) is 22.8 Å². The molecule has 1 rings (SSSR count). The van der Waals surface area contributed by atoms with Crippen LogP contribution >= 0.6 is 0 Å². The van der Waals surface area contributed by atoms with E-state index in [0.29, 0.717) is 0 Å². The molecule has 0 aromatic carbocycles. The van der Waals surface area contributed by atoms with Gasteiger partial charge in [0.15, 0.2) is 6.20 Å². The number of rotatable bonds is 1. The lowest BCUT2D eigenvalue weighted by Gasteiger charge is -2.11. The third-order valence-electron chi connectivity index (χ3n) is 1.40. The fraction of sp³-hybridized carbons (Fsp3) is 0.286. The van der Waals surface area contributed by atoms with Gasteiger partial charge in [-0.05, 0) is 6.07 Å². The van der Waals surface area contributed by atoms with Crippen LogP contribution in [0.5, 0.6) is 0 Å². The molecule has 0 aliphatic rings. The molecule has 13 heavy (non-hydrogen) atoms. The summed E-state index contributed by atoms with van der Waals surface area (Å²) < 4.78 is 47.8. The van der Waals surface area contributed by atoms with E-state index < -0.39 is 18.0 Å². The summed E-state index contributed by atoms with van der Waals surface area (Å²) in [5, 5.41) is 10.7. The summed E-state index contributed by atoms with van der Waals surface area (Å²) in [7, 11) is 0. The highest BCUT2D eigenvalue weighted by Crippen LogP contribution is 2.33. The van der Waals surface area contributed by atoms with Crippen molar-refractivity contribution in [3.8, 4) is 0 Å². The van der Waals surface area contributed by atoms with E-state index in [0.717, 1.165) is 12.3 Å². The van der Waals surface area contributed by atoms with Crippen molar-refractivity contribution in [3.05, 3.63) is 35.3 Å². The Kier molecular flexibility index (Phi) is 2.40. The number of aromatic nitrogens is 1. The Morgan fingerprint density at radius 2 is 1.92 bits per heavy atom. The van der Waals surface area contributed by atoms with Crippen LogP contribution in [0.2, 0.25) is 0 Å². The third-order valence-corrected chi connectivity index (χ3v) is 1.40. The molecule has 0 spiro atoms. The molecule has 0 bridgehead atoms. The van der Waals surface area contributed by atoms with Gasteiger partial charge in [0.25, 0.3) is 6.17 Å². The second-order valence-electron chi connectivity index (χ2n) is 2.36. The number of pyridine rings is 1. The molecule has 1 unspecified atom stereocenters. The third kappa shape index (κ3) is 2.07. The van der Waals surface area contributed by atoms with Crippen molar-refractivity contribution in [3.63, 3.8) is 0 Å². The van der Waals surface area contributed by atoms with Gasteiger partial charge >= 0.3 is 6.18 Å². The smallest absolute Gasteiger partial charge is 0.430 e. The van der Waals surface area contributed by atoms with Crippen molar-refractivity contribution in [2.45, 2.75) is 12.3 Å². The van der Waals surface area contributed by atoms with E-state index >= 15 is 0 Å². The van der Waals surface area contributed by atoms with Crippen molar-refractivity contribution >= 4 is 0 Å². The zero-order chi connectivity index (χ0) is 10.1. The number of halogens is 4. The number of hydrogen-bond donors (Lipinski definition) is 0. The van der Waals surface area contributed by atoms with Crippen LogP contribution in [0.25, 0.3) is 0 Å². The van der Waals surface area contributed by atoms with E-state index in [-0.39, 0.29) is 4.73 Å². The van der Waals surface area contributed by atoms with Crippen LogP contribution in [0.4, 0.5) is 17.6 Å². The molecule has 1 aromatic heterocycles. The van der Waals surface area contributed by atoms with Gasteiger partial charge in [-0.25, -0.2) is 4.39 Å². The predicted molar refractivity (Wildman–Crippen MR) is 35.3 cm³/mol. The molecule has 1 aromatic rings. The van der Waals surface area contributed by atoms with Gasteiger partial charge < -0.3 is 5.21 Å². The number of alkyl halides is 4. The van der Waals surface area contributed by atoms with Crippen LogP contribution in [0, 0.1) is 5.21 Å². The Balaban J connectivity index is 3.02. The fourth-order valence-electron chi connectivity index (χ4n) is 0.805. The van der Waals surface area contributed by atoms with Gasteiger partial charge in [-0.15, -0.1) is 0 Å². The normalized spacial score (nSPS) is 14.2. The monoisotopic (exact) mass is 195 g/mol. The molecule has 72 valence electrons. The first kappa shape index (κ1) is 9.76. The van der Waals surface area contributed by atoms with E-state index in [1.165, 1.54) is 12.1 Å². The van der Waals surface area contributed by atoms with Gasteiger partial charge in [0.05, 0.1) is 0 Å². The molecular weight excluding hydrogens is 190 g/mol. The molecule has 0 radical (unpaired) electrons. The SMILES string of the molecule is [O-][n+]1ccccc1C(F)C(F)(F)F. The lowest BCUT2D eigenvalue weighted by Crippen LogP contribution is -2.35. The number of hydrogen-bond acceptors (Lipinski definition) is 1. The molecule has 0 N–H and O–H groups in total. The van der Waals surface area contributed by atoms with E-state index in [2.05, 4.69) is 0 Å². The summed E-state index contributed by atoms with van der Waals surface area (Å²) in [6.07, 6.45) is -7.45. The van der Waals surface area contributed by atoms with Crippen molar-refractivity contribution in [1.82, 2.24) is 0 Å². The van der Waals surface area contributed by atoms with Crippen molar-refractivity contribution in [1.29, 1.82) is 0 Å². The van der Waals surface area contributed by atoms with Gasteiger partial charge in [0.2, 0.25) is 5.69 Å². The highest BCUT2D eigenvalue weighted by atomic mass is 19.4. The molecule has 0 aliphatic carbocycles. The lowest BCUT2D eigenvalue weighted by atomic mass is 10.2. The standard InChI is InChI=1S/C7H5F4NO/c8-6(7(9,10)11)5-3-1-2-4-12(5)13/h1-4,6H. The molecule has 0 saturated carbocycles. The van der Waals surface area contributed by atoms with Crippen LogP contribution in [0.15, 0.2) is 24.4 Å². The summed E-state index contributed by atoms with van der Waals surface area (Å²) in [6, 6.07) is 3.19. The maximum atomic E-state index is 12.6. The van der Waals surface area contributed by atoms with Gasteiger partial charge in [0.1, 0.15) is 0 Å². The molecule has 0 fully saturated rings. The van der Waals surface area contributed by atoms with Gasteiger partial charge in [-0.2, -0.15) is 17.9 Å². The maximum absolute atomic E-state index is 12.6. The van der Waals surface area contributed by atoms with Crippen molar-refractivity contribution < 1.29 is 22.3 Å². The van der Waals surface area contributed by atoms with Crippen LogP contribution in [0.3, 0.4) is 0 Å². The van der Waals surface area contributed by atoms with E-state index in [4.69, 9.17) is 0 Å². The van der Waals surface area contributed by atoms with Crippen LogP contribution < -0.4 is 4.73 Å². The molecule has 0 aliphatic heterocycles. The zero-order valence-electron chi connectivity index (χ0n) is 6.25. The van der Waals surface area contributed by atoms with Crippen LogP contribution in [-0.4, -0.2) is 6.18 Å². The second kappa shape index (κ2) is 3.20. The van der Waals surface area contributed by atoms with Crippen molar-refractivity contribution in [2.24, 2.45) is 0 Å². The molecule has 1 heterocycles. The van der Waals surface area contributed by atoms with Gasteiger partial charge in [-0.1, -0.05) is 0 Å². The lowest BCUT2D eigenvalue weighted by molar-refractivity contribution is -0.620. The Morgan fingerprint density at radius 1 is 1.31 bits per heavy atom. The first-order chi connectivity index (χ1) is 5.93. The average molecular weight is 195 g/mol. The summed E-state index contributed by atoms with van der Waals surface area (Å²) in [5.74, 6) is 0. The topological polar surface area (TPSA) is 26.9 Å². The first-order valence-electron chi connectivity index (χ1n) is 3.32. The fourth-order valence-corrected chi connectivity index (χ4v) is 0.805. The first-order valence-corrected chi connectivity index (χ1v) is 3.32. The molecule has 1 atom stereocenters. The highest BCUT2D eigenvalue weighted by molar-refractivity contribution is 5.02. The van der Waals surface area contributed by atoms with Gasteiger partial charge in [0, 0.05) is 12.1 Å². The summed E-state index contributed by atoms with van der Waals surface area (Å²) in [4.78, 5) is 0. The average Bonchev–Trinajstić information content (AvgIpc) is 2.02. The quantitative estimate of drug-likeness (QED) is 0.382. The molecular formula is C7H5F4NO. The van der Waals surface area contributed by atoms with Gasteiger partial charge in [-0.3, -0.25) is 0 Å². The summed E-state index contributed by atoms with van der Waals surface area (Å²) in [6.45, 7) is 0. The summed E-state index contributed by atoms with van der Waals surface area (Å²) in [5.41, 5.74) is -0.949. The molecule has 2 nitrogen and oxygen atoms in total. The maximum Gasteiger partial charge on any atom is 0.430 e. The summed E-state index contributed by atoms with van der Waals surface area (Å²) >= 11 is 0. The van der Waals surface area contributed by atoms with Crippen molar-refractivity contribution in [2.75, 3.05) is 0 Å². The van der Waals surface area contributed by atoms with Crippen LogP contribution in [-0.2, 0) is 0 Å². The predicted octanol–water partition coefficient (Wildman–Crippen LogP) is 1.89. The van der Waals surface area contributed by atoms with E-state index in [1.54, 1.807) is 0 Å². The van der Waals surface area contributed by atoms with Crippen LogP contribution in [0.1, 0.15) is 11.9 Å².